The summed E-state index contributed by atoms with van der Waals surface area (Å²) in [5.74, 6) is 0. The van der Waals surface area contributed by atoms with Crippen LogP contribution in [0.1, 0.15) is 11.1 Å². The van der Waals surface area contributed by atoms with Gasteiger partial charge in [0.25, 0.3) is 0 Å². The fourth-order valence-corrected chi connectivity index (χ4v) is 2.87. The average Bonchev–Trinajstić information content (AvgIpc) is 2.68. The monoisotopic (exact) mass is 298 g/mol. The molecule has 0 amide bonds. The normalized spacial score (nSPS) is 16.8. The predicted molar refractivity (Wildman–Crippen MR) is 85.5 cm³/mol. The Kier molecular flexibility index (Phi) is 3.83. The van der Waals surface area contributed by atoms with Crippen molar-refractivity contribution in [1.82, 2.24) is 0 Å². The second-order valence-electron chi connectivity index (χ2n) is 4.79. The molecule has 0 aliphatic carbocycles. The van der Waals surface area contributed by atoms with E-state index in [1.165, 1.54) is 0 Å². The van der Waals surface area contributed by atoms with Gasteiger partial charge >= 0.3 is 0 Å². The van der Waals surface area contributed by atoms with E-state index in [2.05, 4.69) is 10.3 Å². The molecule has 1 aliphatic rings. The van der Waals surface area contributed by atoms with E-state index in [0.717, 1.165) is 16.8 Å². The molecule has 4 nitrogen and oxygen atoms in total. The predicted octanol–water partition coefficient (Wildman–Crippen LogP) is 2.15. The number of aliphatic imine (C=N–C) groups is 1. The van der Waals surface area contributed by atoms with Crippen molar-refractivity contribution in [3.8, 4) is 0 Å². The number of hydrogen-bond acceptors (Lipinski definition) is 3. The Hall–Kier alpha value is -2.40. The van der Waals surface area contributed by atoms with Crippen LogP contribution in [0.2, 0.25) is 0 Å². The van der Waals surface area contributed by atoms with Crippen molar-refractivity contribution in [1.29, 1.82) is 0 Å². The lowest BCUT2D eigenvalue weighted by Gasteiger charge is -2.13. The first-order chi connectivity index (χ1) is 10.2. The maximum absolute atomic E-state index is 11.5. The number of para-hydroxylation sites is 1. The van der Waals surface area contributed by atoms with Crippen LogP contribution in [-0.2, 0) is 16.7 Å². The van der Waals surface area contributed by atoms with Gasteiger partial charge in [0, 0.05) is 23.9 Å². The Morgan fingerprint density at radius 3 is 2.48 bits per heavy atom. The van der Waals surface area contributed by atoms with E-state index in [0.29, 0.717) is 6.42 Å². The van der Waals surface area contributed by atoms with E-state index in [4.69, 9.17) is 0 Å². The largest absolute Gasteiger partial charge is 0.344 e. The van der Waals surface area contributed by atoms with Crippen molar-refractivity contribution in [3.63, 3.8) is 0 Å². The molecule has 2 aromatic rings. The van der Waals surface area contributed by atoms with Gasteiger partial charge in [-0.3, -0.25) is 4.99 Å². The quantitative estimate of drug-likeness (QED) is 0.864. The third-order valence-electron chi connectivity index (χ3n) is 3.37. The van der Waals surface area contributed by atoms with E-state index in [-0.39, 0.29) is 4.99 Å². The second kappa shape index (κ2) is 5.93. The molecule has 5 heteroatoms. The van der Waals surface area contributed by atoms with Gasteiger partial charge in [-0.1, -0.05) is 48.5 Å². The standard InChI is InChI=1S/C16H14N2O2S/c19-21(20)16-15(10-12-6-2-1-3-7-12)17-11-13-8-4-5-9-14(13)18-16/h1-9,11,15,18H,10H2. The zero-order chi connectivity index (χ0) is 14.7. The fraction of sp³-hybridized carbons (Fsp3) is 0.125. The van der Waals surface area contributed by atoms with Crippen LogP contribution in [0, 0.1) is 0 Å². The molecule has 1 N–H and O–H groups in total. The molecule has 1 aliphatic heterocycles. The van der Waals surface area contributed by atoms with E-state index in [1.807, 2.05) is 54.6 Å². The highest BCUT2D eigenvalue weighted by Crippen LogP contribution is 2.18. The minimum atomic E-state index is -2.33. The molecule has 0 bridgehead atoms. The Balaban J connectivity index is 1.99. The van der Waals surface area contributed by atoms with E-state index >= 15 is 0 Å². The van der Waals surface area contributed by atoms with Crippen molar-refractivity contribution in [3.05, 3.63) is 65.7 Å². The molecule has 106 valence electrons. The summed E-state index contributed by atoms with van der Waals surface area (Å²) in [6.07, 6.45) is 2.28. The van der Waals surface area contributed by atoms with Crippen molar-refractivity contribution < 1.29 is 8.42 Å². The summed E-state index contributed by atoms with van der Waals surface area (Å²) in [6.45, 7) is 0. The molecule has 1 unspecified atom stereocenters. The summed E-state index contributed by atoms with van der Waals surface area (Å²) < 4.78 is 23.1. The summed E-state index contributed by atoms with van der Waals surface area (Å²) in [7, 11) is -2.33. The molecule has 0 saturated heterocycles. The highest BCUT2D eigenvalue weighted by molar-refractivity contribution is 7.73. The van der Waals surface area contributed by atoms with Crippen LogP contribution >= 0.6 is 0 Å². The maximum atomic E-state index is 11.5. The number of rotatable bonds is 2. The zero-order valence-electron chi connectivity index (χ0n) is 11.2. The van der Waals surface area contributed by atoms with Crippen LogP contribution in [0.4, 0.5) is 5.69 Å². The lowest BCUT2D eigenvalue weighted by Crippen LogP contribution is -2.28. The molecule has 3 rings (SSSR count). The summed E-state index contributed by atoms with van der Waals surface area (Å²) >= 11 is 0. The molecular weight excluding hydrogens is 284 g/mol. The lowest BCUT2D eigenvalue weighted by molar-refractivity contribution is 0.626. The topological polar surface area (TPSA) is 58.5 Å². The number of fused-ring (bicyclic) bond motifs is 1. The van der Waals surface area contributed by atoms with Gasteiger partial charge in [-0.05, 0) is 11.6 Å². The first-order valence-electron chi connectivity index (χ1n) is 6.63. The van der Waals surface area contributed by atoms with Gasteiger partial charge in [-0.15, -0.1) is 0 Å². The summed E-state index contributed by atoms with van der Waals surface area (Å²) in [6, 6.07) is 16.8. The summed E-state index contributed by atoms with van der Waals surface area (Å²) in [5, 5.41) is 3.01. The molecule has 0 fully saturated rings. The van der Waals surface area contributed by atoms with E-state index in [9.17, 15) is 8.42 Å². The Morgan fingerprint density at radius 2 is 1.71 bits per heavy atom. The van der Waals surface area contributed by atoms with Crippen LogP contribution in [0.15, 0.2) is 59.6 Å². The minimum absolute atomic E-state index is 0.208. The van der Waals surface area contributed by atoms with Crippen LogP contribution in [0.25, 0.3) is 0 Å². The molecule has 21 heavy (non-hydrogen) atoms. The molecular formula is C16H14N2O2S. The van der Waals surface area contributed by atoms with Crippen LogP contribution in [0.5, 0.6) is 0 Å². The van der Waals surface area contributed by atoms with Crippen molar-refractivity contribution >= 4 is 27.2 Å². The molecule has 0 spiro atoms. The van der Waals surface area contributed by atoms with Crippen LogP contribution in [0.3, 0.4) is 0 Å². The number of benzodiazepines with no additional fused rings is 1. The van der Waals surface area contributed by atoms with Gasteiger partial charge in [0.05, 0.1) is 0 Å². The SMILES string of the molecule is O=S(=O)=C1Nc2ccccc2C=NC1Cc1ccccc1. The first-order valence-corrected chi connectivity index (χ1v) is 7.71. The van der Waals surface area contributed by atoms with Crippen LogP contribution in [-0.4, -0.2) is 25.7 Å². The highest BCUT2D eigenvalue weighted by atomic mass is 32.2. The molecule has 0 radical (unpaired) electrons. The van der Waals surface area contributed by atoms with Gasteiger partial charge in [0.1, 0.15) is 6.04 Å². The van der Waals surface area contributed by atoms with Gasteiger partial charge in [0.2, 0.25) is 10.3 Å². The van der Waals surface area contributed by atoms with Crippen LogP contribution < -0.4 is 5.32 Å². The number of nitrogens with one attached hydrogen (secondary N) is 1. The number of nitrogens with zero attached hydrogens (tertiary/aromatic N) is 1. The van der Waals surface area contributed by atoms with Crippen molar-refractivity contribution in [2.45, 2.75) is 12.5 Å². The summed E-state index contributed by atoms with van der Waals surface area (Å²) in [4.78, 5) is 4.65. The first kappa shape index (κ1) is 13.6. The highest BCUT2D eigenvalue weighted by Gasteiger charge is 2.20. The maximum Gasteiger partial charge on any atom is 0.236 e. The summed E-state index contributed by atoms with van der Waals surface area (Å²) in [5.41, 5.74) is 2.70. The number of benzene rings is 2. The van der Waals surface area contributed by atoms with E-state index < -0.39 is 16.3 Å². The lowest BCUT2D eigenvalue weighted by atomic mass is 10.1. The fourth-order valence-electron chi connectivity index (χ4n) is 2.31. The average molecular weight is 298 g/mol. The van der Waals surface area contributed by atoms with Crippen molar-refractivity contribution in [2.75, 3.05) is 5.32 Å². The third kappa shape index (κ3) is 3.03. The molecule has 0 aromatic heterocycles. The smallest absolute Gasteiger partial charge is 0.236 e. The third-order valence-corrected chi connectivity index (χ3v) is 4.10. The van der Waals surface area contributed by atoms with E-state index in [1.54, 1.807) is 6.21 Å². The second-order valence-corrected chi connectivity index (χ2v) is 5.70. The number of anilines is 1. The van der Waals surface area contributed by atoms with Gasteiger partial charge in [-0.25, -0.2) is 0 Å². The molecule has 2 aromatic carbocycles. The van der Waals surface area contributed by atoms with Gasteiger partial charge in [-0.2, -0.15) is 8.42 Å². The van der Waals surface area contributed by atoms with Gasteiger partial charge in [0.15, 0.2) is 4.99 Å². The van der Waals surface area contributed by atoms with Gasteiger partial charge < -0.3 is 5.32 Å². The zero-order valence-corrected chi connectivity index (χ0v) is 12.0. The molecule has 1 atom stereocenters. The number of hydrogen-bond donors (Lipinski definition) is 1. The Labute approximate surface area is 124 Å². The molecule has 0 saturated carbocycles. The molecule has 1 heterocycles. The Bertz CT molecular complexity index is 803. The van der Waals surface area contributed by atoms with Crippen molar-refractivity contribution in [2.24, 2.45) is 4.99 Å². The minimum Gasteiger partial charge on any atom is -0.344 e. The Morgan fingerprint density at radius 1 is 1.00 bits per heavy atom.